The first-order valence-electron chi connectivity index (χ1n) is 12.0. The van der Waals surface area contributed by atoms with Crippen molar-refractivity contribution in [2.24, 2.45) is 0 Å². The standard InChI is InChI=1S/C25H41N3O2/c1-3-4-5-6-7-8-9-10-11-12-13-14-15-17-22-18-16-19-23(20-22)29-21(2)24-27-28-25(26)30-24/h16,18-21H,3-15,17H2,1-2H3,(H2,26,28). The Hall–Kier alpha value is -2.04. The van der Waals surface area contributed by atoms with Gasteiger partial charge in [-0.2, -0.15) is 0 Å². The van der Waals surface area contributed by atoms with Gasteiger partial charge in [-0.25, -0.2) is 0 Å². The molecule has 0 bridgehead atoms. The van der Waals surface area contributed by atoms with Gasteiger partial charge in [0.25, 0.3) is 5.89 Å². The number of nitrogens with zero attached hydrogens (tertiary/aromatic N) is 2. The molecule has 1 aromatic carbocycles. The number of anilines is 1. The minimum atomic E-state index is -0.318. The molecule has 5 heteroatoms. The number of hydrogen-bond donors (Lipinski definition) is 1. The molecule has 0 spiro atoms. The molecule has 0 amide bonds. The maximum absolute atomic E-state index is 5.92. The minimum Gasteiger partial charge on any atom is -0.481 e. The van der Waals surface area contributed by atoms with Gasteiger partial charge in [-0.1, -0.05) is 101 Å². The molecule has 0 saturated heterocycles. The molecule has 0 fully saturated rings. The summed E-state index contributed by atoms with van der Waals surface area (Å²) in [4.78, 5) is 0. The lowest BCUT2D eigenvalue weighted by Gasteiger charge is -2.12. The van der Waals surface area contributed by atoms with Crippen LogP contribution in [-0.2, 0) is 6.42 Å². The van der Waals surface area contributed by atoms with Crippen molar-refractivity contribution < 1.29 is 9.15 Å². The van der Waals surface area contributed by atoms with Crippen molar-refractivity contribution in [1.82, 2.24) is 10.2 Å². The summed E-state index contributed by atoms with van der Waals surface area (Å²) in [5.41, 5.74) is 6.79. The summed E-state index contributed by atoms with van der Waals surface area (Å²) in [7, 11) is 0. The summed E-state index contributed by atoms with van der Waals surface area (Å²) in [5.74, 6) is 1.22. The van der Waals surface area contributed by atoms with Gasteiger partial charge in [0.05, 0.1) is 0 Å². The summed E-state index contributed by atoms with van der Waals surface area (Å²) in [6.45, 7) is 4.16. The third-order valence-electron chi connectivity index (χ3n) is 5.58. The van der Waals surface area contributed by atoms with Crippen LogP contribution in [0.15, 0.2) is 28.7 Å². The molecule has 168 valence electrons. The smallest absolute Gasteiger partial charge is 0.312 e. The molecule has 1 heterocycles. The van der Waals surface area contributed by atoms with Crippen molar-refractivity contribution in [3.05, 3.63) is 35.7 Å². The van der Waals surface area contributed by atoms with Crippen molar-refractivity contribution in [2.75, 3.05) is 5.73 Å². The molecule has 5 nitrogen and oxygen atoms in total. The molecule has 1 atom stereocenters. The fourth-order valence-corrected chi connectivity index (χ4v) is 3.79. The van der Waals surface area contributed by atoms with Crippen molar-refractivity contribution in [1.29, 1.82) is 0 Å². The number of aromatic nitrogens is 2. The first-order chi connectivity index (χ1) is 14.7. The van der Waals surface area contributed by atoms with E-state index in [1.54, 1.807) is 0 Å². The van der Waals surface area contributed by atoms with Crippen LogP contribution in [0.1, 0.15) is 115 Å². The fourth-order valence-electron chi connectivity index (χ4n) is 3.79. The van der Waals surface area contributed by atoms with Crippen LogP contribution in [-0.4, -0.2) is 10.2 Å². The minimum absolute atomic E-state index is 0.0663. The van der Waals surface area contributed by atoms with Gasteiger partial charge in [-0.15, -0.1) is 5.10 Å². The average molecular weight is 416 g/mol. The third-order valence-corrected chi connectivity index (χ3v) is 5.58. The van der Waals surface area contributed by atoms with Crippen LogP contribution in [0, 0.1) is 0 Å². The maximum atomic E-state index is 5.92. The molecule has 30 heavy (non-hydrogen) atoms. The number of nitrogens with two attached hydrogens (primary N) is 1. The van der Waals surface area contributed by atoms with E-state index in [1.165, 1.54) is 89.0 Å². The molecule has 0 aliphatic rings. The number of nitrogen functional groups attached to an aromatic ring is 1. The third kappa shape index (κ3) is 10.1. The topological polar surface area (TPSA) is 74.2 Å². The van der Waals surface area contributed by atoms with Crippen LogP contribution in [0.5, 0.6) is 5.75 Å². The van der Waals surface area contributed by atoms with E-state index in [0.29, 0.717) is 5.89 Å². The van der Waals surface area contributed by atoms with E-state index in [9.17, 15) is 0 Å². The van der Waals surface area contributed by atoms with Crippen molar-refractivity contribution in [3.63, 3.8) is 0 Å². The molecule has 2 N–H and O–H groups in total. The predicted molar refractivity (Wildman–Crippen MR) is 124 cm³/mol. The molecule has 1 aromatic heterocycles. The lowest BCUT2D eigenvalue weighted by molar-refractivity contribution is 0.190. The molecule has 0 saturated carbocycles. The average Bonchev–Trinajstić information content (AvgIpc) is 3.18. The second kappa shape index (κ2) is 14.9. The highest BCUT2D eigenvalue weighted by molar-refractivity contribution is 5.29. The van der Waals surface area contributed by atoms with Gasteiger partial charge in [0.1, 0.15) is 5.75 Å². The van der Waals surface area contributed by atoms with Gasteiger partial charge in [0, 0.05) is 0 Å². The zero-order valence-corrected chi connectivity index (χ0v) is 19.1. The lowest BCUT2D eigenvalue weighted by Crippen LogP contribution is -2.03. The Morgan fingerprint density at radius 3 is 2.03 bits per heavy atom. The predicted octanol–water partition coefficient (Wildman–Crippen LogP) is 7.43. The Labute approximate surface area is 182 Å². The normalized spacial score (nSPS) is 12.2. The molecule has 0 aliphatic heterocycles. The Balaban J connectivity index is 1.51. The van der Waals surface area contributed by atoms with E-state index in [1.807, 2.05) is 19.1 Å². The number of aryl methyl sites for hydroxylation is 1. The first kappa shape index (κ1) is 24.2. The number of hydrogen-bond acceptors (Lipinski definition) is 5. The van der Waals surface area contributed by atoms with Gasteiger partial charge in [0.15, 0.2) is 6.10 Å². The van der Waals surface area contributed by atoms with Crippen LogP contribution < -0.4 is 10.5 Å². The Morgan fingerprint density at radius 1 is 0.867 bits per heavy atom. The molecule has 0 aliphatic carbocycles. The van der Waals surface area contributed by atoms with Crippen molar-refractivity contribution in [2.45, 2.75) is 110 Å². The van der Waals surface area contributed by atoms with Gasteiger partial charge >= 0.3 is 6.01 Å². The SMILES string of the molecule is CCCCCCCCCCCCCCCc1cccc(OC(C)c2nnc(N)o2)c1. The zero-order chi connectivity index (χ0) is 21.4. The second-order valence-corrected chi connectivity index (χ2v) is 8.38. The molecular formula is C25H41N3O2. The Bertz CT molecular complexity index is 687. The quantitative estimate of drug-likeness (QED) is 0.272. The first-order valence-corrected chi connectivity index (χ1v) is 12.0. The van der Waals surface area contributed by atoms with Crippen LogP contribution in [0.3, 0.4) is 0 Å². The highest BCUT2D eigenvalue weighted by atomic mass is 16.5. The van der Waals surface area contributed by atoms with E-state index in [0.717, 1.165) is 12.2 Å². The van der Waals surface area contributed by atoms with Crippen LogP contribution >= 0.6 is 0 Å². The van der Waals surface area contributed by atoms with Crippen molar-refractivity contribution in [3.8, 4) is 5.75 Å². The maximum Gasteiger partial charge on any atom is 0.312 e. The number of ether oxygens (including phenoxy) is 1. The Kier molecular flexibility index (Phi) is 12.0. The fraction of sp³-hybridized carbons (Fsp3) is 0.680. The van der Waals surface area contributed by atoms with E-state index >= 15 is 0 Å². The zero-order valence-electron chi connectivity index (χ0n) is 19.1. The van der Waals surface area contributed by atoms with Gasteiger partial charge < -0.3 is 14.9 Å². The monoisotopic (exact) mass is 415 g/mol. The molecular weight excluding hydrogens is 374 g/mol. The summed E-state index contributed by atoms with van der Waals surface area (Å²) >= 11 is 0. The summed E-state index contributed by atoms with van der Waals surface area (Å²) in [6, 6.07) is 8.35. The van der Waals surface area contributed by atoms with E-state index in [2.05, 4.69) is 29.3 Å². The number of benzene rings is 1. The van der Waals surface area contributed by atoms with Crippen LogP contribution in [0.25, 0.3) is 0 Å². The number of rotatable bonds is 17. The van der Waals surface area contributed by atoms with Gasteiger partial charge in [0.2, 0.25) is 0 Å². The van der Waals surface area contributed by atoms with Gasteiger partial charge in [-0.3, -0.25) is 0 Å². The summed E-state index contributed by atoms with van der Waals surface area (Å²) in [5, 5.41) is 7.56. The lowest BCUT2D eigenvalue weighted by atomic mass is 10.0. The summed E-state index contributed by atoms with van der Waals surface area (Å²) in [6.07, 6.45) is 18.8. The molecule has 2 aromatic rings. The second-order valence-electron chi connectivity index (χ2n) is 8.38. The number of unbranched alkanes of at least 4 members (excludes halogenated alkanes) is 12. The van der Waals surface area contributed by atoms with Crippen LogP contribution in [0.2, 0.25) is 0 Å². The van der Waals surface area contributed by atoms with E-state index in [-0.39, 0.29) is 12.1 Å². The molecule has 1 unspecified atom stereocenters. The Morgan fingerprint density at radius 2 is 1.47 bits per heavy atom. The van der Waals surface area contributed by atoms with E-state index < -0.39 is 0 Å². The van der Waals surface area contributed by atoms with E-state index in [4.69, 9.17) is 14.9 Å². The van der Waals surface area contributed by atoms with Crippen LogP contribution in [0.4, 0.5) is 6.01 Å². The highest BCUT2D eigenvalue weighted by Crippen LogP contribution is 2.23. The summed E-state index contributed by atoms with van der Waals surface area (Å²) < 4.78 is 11.2. The highest BCUT2D eigenvalue weighted by Gasteiger charge is 2.14. The van der Waals surface area contributed by atoms with Gasteiger partial charge in [-0.05, 0) is 37.5 Å². The largest absolute Gasteiger partial charge is 0.481 e. The molecule has 0 radical (unpaired) electrons. The molecule has 2 rings (SSSR count). The van der Waals surface area contributed by atoms with Crippen molar-refractivity contribution >= 4 is 6.01 Å².